The Morgan fingerprint density at radius 1 is 1.50 bits per heavy atom. The molecule has 0 bridgehead atoms. The number of carbonyl (C=O) groups is 2. The van der Waals surface area contributed by atoms with Crippen LogP contribution in [0.4, 0.5) is 0 Å². The maximum absolute atomic E-state index is 11.1. The molecule has 0 spiro atoms. The molecule has 0 radical (unpaired) electrons. The lowest BCUT2D eigenvalue weighted by Gasteiger charge is -1.93. The molecule has 0 saturated carbocycles. The van der Waals surface area contributed by atoms with Crippen LogP contribution in [0.15, 0.2) is 12.1 Å². The first-order chi connectivity index (χ1) is 6.63. The van der Waals surface area contributed by atoms with Crippen LogP contribution >= 0.6 is 11.3 Å². The summed E-state index contributed by atoms with van der Waals surface area (Å²) in [6.45, 7) is 0. The van der Waals surface area contributed by atoms with E-state index in [0.29, 0.717) is 11.3 Å². The van der Waals surface area contributed by atoms with Crippen molar-refractivity contribution in [3.63, 3.8) is 0 Å². The second kappa shape index (κ2) is 4.76. The molecule has 1 amide bonds. The second-order valence-corrected chi connectivity index (χ2v) is 3.91. The number of aryl methyl sites for hydroxylation is 1. The topological polar surface area (TPSA) is 66.4 Å². The average Bonchev–Trinajstić information content (AvgIpc) is 2.62. The third kappa shape index (κ3) is 2.85. The number of hydrogen-bond donors (Lipinski definition) is 2. The average molecular weight is 213 g/mol. The van der Waals surface area contributed by atoms with Crippen LogP contribution in [-0.4, -0.2) is 24.0 Å². The minimum Gasteiger partial charge on any atom is -0.481 e. The van der Waals surface area contributed by atoms with Crippen molar-refractivity contribution in [1.82, 2.24) is 5.32 Å². The van der Waals surface area contributed by atoms with E-state index in [1.165, 1.54) is 11.3 Å². The number of nitrogens with one attached hydrogen (secondary N) is 1. The Balaban J connectivity index is 2.59. The highest BCUT2D eigenvalue weighted by molar-refractivity contribution is 7.14. The van der Waals surface area contributed by atoms with Gasteiger partial charge in [0, 0.05) is 11.9 Å². The van der Waals surface area contributed by atoms with Crippen molar-refractivity contribution >= 4 is 23.2 Å². The van der Waals surface area contributed by atoms with Gasteiger partial charge in [-0.1, -0.05) is 0 Å². The van der Waals surface area contributed by atoms with Crippen LogP contribution in [0.25, 0.3) is 0 Å². The predicted octanol–water partition coefficient (Wildman–Crippen LogP) is 1.12. The first-order valence-electron chi connectivity index (χ1n) is 4.16. The van der Waals surface area contributed by atoms with E-state index in [4.69, 9.17) is 5.11 Å². The number of rotatable bonds is 4. The molecule has 1 aromatic heterocycles. The maximum atomic E-state index is 11.1. The molecule has 14 heavy (non-hydrogen) atoms. The van der Waals surface area contributed by atoms with Crippen molar-refractivity contribution in [1.29, 1.82) is 0 Å². The Morgan fingerprint density at radius 3 is 2.79 bits per heavy atom. The number of carbonyl (C=O) groups excluding carboxylic acids is 1. The molecule has 5 heteroatoms. The highest BCUT2D eigenvalue weighted by Crippen LogP contribution is 2.17. The van der Waals surface area contributed by atoms with Gasteiger partial charge in [0.1, 0.15) is 0 Å². The van der Waals surface area contributed by atoms with E-state index in [9.17, 15) is 9.59 Å². The van der Waals surface area contributed by atoms with Gasteiger partial charge in [-0.2, -0.15) is 0 Å². The number of amides is 1. The summed E-state index contributed by atoms with van der Waals surface area (Å²) >= 11 is 1.33. The van der Waals surface area contributed by atoms with E-state index in [-0.39, 0.29) is 12.3 Å². The van der Waals surface area contributed by atoms with Gasteiger partial charge in [-0.15, -0.1) is 11.3 Å². The van der Waals surface area contributed by atoms with Crippen LogP contribution in [0.5, 0.6) is 0 Å². The number of hydrogen-bond acceptors (Lipinski definition) is 3. The van der Waals surface area contributed by atoms with Gasteiger partial charge in [0.25, 0.3) is 5.91 Å². The van der Waals surface area contributed by atoms with Crippen LogP contribution in [-0.2, 0) is 11.2 Å². The molecule has 0 aliphatic heterocycles. The number of carboxylic acid groups (broad SMARTS) is 1. The third-order valence-electron chi connectivity index (χ3n) is 1.70. The molecular formula is C9H11NO3S. The highest BCUT2D eigenvalue weighted by atomic mass is 32.1. The molecule has 76 valence electrons. The third-order valence-corrected chi connectivity index (χ3v) is 2.84. The zero-order chi connectivity index (χ0) is 10.6. The lowest BCUT2D eigenvalue weighted by Crippen LogP contribution is -2.15. The van der Waals surface area contributed by atoms with Crippen LogP contribution in [0.3, 0.4) is 0 Å². The van der Waals surface area contributed by atoms with Crippen molar-refractivity contribution in [2.24, 2.45) is 0 Å². The quantitative estimate of drug-likeness (QED) is 0.787. The molecule has 0 atom stereocenters. The largest absolute Gasteiger partial charge is 0.481 e. The van der Waals surface area contributed by atoms with Crippen molar-refractivity contribution < 1.29 is 14.7 Å². The first kappa shape index (κ1) is 10.7. The summed E-state index contributed by atoms with van der Waals surface area (Å²) in [4.78, 5) is 23.0. The summed E-state index contributed by atoms with van der Waals surface area (Å²) in [7, 11) is 1.57. The fourth-order valence-corrected chi connectivity index (χ4v) is 1.94. The van der Waals surface area contributed by atoms with E-state index >= 15 is 0 Å². The minimum absolute atomic E-state index is 0.105. The molecule has 0 aromatic carbocycles. The maximum Gasteiger partial charge on any atom is 0.303 e. The van der Waals surface area contributed by atoms with Gasteiger partial charge in [0.2, 0.25) is 0 Å². The van der Waals surface area contributed by atoms with Gasteiger partial charge in [-0.05, 0) is 18.6 Å². The summed E-state index contributed by atoms with van der Waals surface area (Å²) in [5.41, 5.74) is 0. The molecule has 2 N–H and O–H groups in total. The van der Waals surface area contributed by atoms with Gasteiger partial charge >= 0.3 is 5.97 Å². The van der Waals surface area contributed by atoms with Crippen LogP contribution in [0.2, 0.25) is 0 Å². The van der Waals surface area contributed by atoms with Gasteiger partial charge in [-0.25, -0.2) is 0 Å². The van der Waals surface area contributed by atoms with E-state index < -0.39 is 5.97 Å². The molecule has 1 heterocycles. The molecular weight excluding hydrogens is 202 g/mol. The van der Waals surface area contributed by atoms with Crippen LogP contribution < -0.4 is 5.32 Å². The molecule has 0 aliphatic rings. The van der Waals surface area contributed by atoms with E-state index in [2.05, 4.69) is 5.32 Å². The minimum atomic E-state index is -0.820. The second-order valence-electron chi connectivity index (χ2n) is 2.74. The summed E-state index contributed by atoms with van der Waals surface area (Å²) in [5.74, 6) is -0.948. The lowest BCUT2D eigenvalue weighted by atomic mass is 10.2. The fraction of sp³-hybridized carbons (Fsp3) is 0.333. The number of thiophene rings is 1. The Bertz CT molecular complexity index is 346. The fourth-order valence-electron chi connectivity index (χ4n) is 0.988. The van der Waals surface area contributed by atoms with Gasteiger partial charge in [-0.3, -0.25) is 9.59 Å². The Kier molecular flexibility index (Phi) is 3.64. The van der Waals surface area contributed by atoms with Crippen molar-refractivity contribution in [3.8, 4) is 0 Å². The summed E-state index contributed by atoms with van der Waals surface area (Å²) < 4.78 is 0. The number of aliphatic carboxylic acids is 1. The molecule has 1 aromatic rings. The molecule has 0 saturated heterocycles. The Morgan fingerprint density at radius 2 is 2.21 bits per heavy atom. The van der Waals surface area contributed by atoms with E-state index in [1.54, 1.807) is 19.2 Å². The van der Waals surface area contributed by atoms with Crippen molar-refractivity contribution in [2.75, 3.05) is 7.05 Å². The van der Waals surface area contributed by atoms with Gasteiger partial charge in [0.15, 0.2) is 0 Å². The summed E-state index contributed by atoms with van der Waals surface area (Å²) in [6.07, 6.45) is 0.588. The summed E-state index contributed by atoms with van der Waals surface area (Å²) in [5, 5.41) is 11.0. The zero-order valence-electron chi connectivity index (χ0n) is 7.74. The molecule has 4 nitrogen and oxygen atoms in total. The molecule has 0 unspecified atom stereocenters. The number of carboxylic acids is 1. The highest BCUT2D eigenvalue weighted by Gasteiger charge is 2.07. The standard InChI is InChI=1S/C9H11NO3S/c1-10-9(13)7-4-2-6(14-7)3-5-8(11)12/h2,4H,3,5H2,1H3,(H,10,13)(H,11,12). The predicted molar refractivity (Wildman–Crippen MR) is 53.7 cm³/mol. The first-order valence-corrected chi connectivity index (χ1v) is 4.97. The smallest absolute Gasteiger partial charge is 0.303 e. The monoisotopic (exact) mass is 213 g/mol. The van der Waals surface area contributed by atoms with E-state index in [0.717, 1.165) is 4.88 Å². The normalized spacial score (nSPS) is 9.79. The Labute approximate surface area is 85.6 Å². The van der Waals surface area contributed by atoms with Crippen molar-refractivity contribution in [3.05, 3.63) is 21.9 Å². The van der Waals surface area contributed by atoms with Gasteiger partial charge in [0.05, 0.1) is 11.3 Å². The van der Waals surface area contributed by atoms with Gasteiger partial charge < -0.3 is 10.4 Å². The molecule has 0 fully saturated rings. The van der Waals surface area contributed by atoms with Crippen molar-refractivity contribution in [2.45, 2.75) is 12.8 Å². The molecule has 0 aliphatic carbocycles. The van der Waals surface area contributed by atoms with Crippen LogP contribution in [0, 0.1) is 0 Å². The molecule has 1 rings (SSSR count). The lowest BCUT2D eigenvalue weighted by molar-refractivity contribution is -0.136. The van der Waals surface area contributed by atoms with Crippen LogP contribution in [0.1, 0.15) is 21.0 Å². The Hall–Kier alpha value is -1.36. The van der Waals surface area contributed by atoms with E-state index in [1.807, 2.05) is 0 Å². The SMILES string of the molecule is CNC(=O)c1ccc(CCC(=O)O)s1. The zero-order valence-corrected chi connectivity index (χ0v) is 8.56. The summed E-state index contributed by atoms with van der Waals surface area (Å²) in [6, 6.07) is 3.50.